The van der Waals surface area contributed by atoms with Gasteiger partial charge in [0.25, 0.3) is 0 Å². The van der Waals surface area contributed by atoms with Crippen molar-refractivity contribution in [2.45, 2.75) is 18.3 Å². The number of halogens is 4. The van der Waals surface area contributed by atoms with E-state index in [2.05, 4.69) is 4.74 Å². The van der Waals surface area contributed by atoms with Crippen molar-refractivity contribution in [1.82, 2.24) is 0 Å². The first-order valence-electron chi connectivity index (χ1n) is 9.84. The summed E-state index contributed by atoms with van der Waals surface area (Å²) in [6, 6.07) is 11.4. The summed E-state index contributed by atoms with van der Waals surface area (Å²) in [5, 5.41) is 0.155. The summed E-state index contributed by atoms with van der Waals surface area (Å²) in [4.78, 5) is 12.0. The SMILES string of the molecule is NCC1(c2cccc3c2OC(F)(F)O3)Cc2c(ccc(Cl)c2-c2c(F)cccc2C(N)=O)O1. The molecule has 2 aliphatic rings. The number of para-hydroxylation sites is 1. The van der Waals surface area contributed by atoms with Gasteiger partial charge in [0.05, 0.1) is 0 Å². The Kier molecular flexibility index (Phi) is 4.73. The molecule has 0 fully saturated rings. The predicted octanol–water partition coefficient (Wildman–Crippen LogP) is 4.36. The molecule has 0 saturated carbocycles. The van der Waals surface area contributed by atoms with E-state index in [4.69, 9.17) is 32.5 Å². The van der Waals surface area contributed by atoms with Gasteiger partial charge in [0.2, 0.25) is 5.91 Å². The van der Waals surface area contributed by atoms with Gasteiger partial charge in [-0.05, 0) is 30.3 Å². The second-order valence-electron chi connectivity index (χ2n) is 7.70. The molecule has 2 heterocycles. The number of alkyl halides is 2. The number of carbonyl (C=O) groups excluding carboxylic acids is 1. The lowest BCUT2D eigenvalue weighted by molar-refractivity contribution is -0.287. The van der Waals surface area contributed by atoms with Crippen LogP contribution in [0.25, 0.3) is 11.1 Å². The summed E-state index contributed by atoms with van der Waals surface area (Å²) in [5.74, 6) is -1.59. The van der Waals surface area contributed by atoms with E-state index in [0.29, 0.717) is 11.3 Å². The van der Waals surface area contributed by atoms with E-state index in [0.717, 1.165) is 0 Å². The van der Waals surface area contributed by atoms with Crippen molar-refractivity contribution in [2.75, 3.05) is 6.54 Å². The van der Waals surface area contributed by atoms with Crippen LogP contribution in [0.1, 0.15) is 21.5 Å². The maximum absolute atomic E-state index is 15.0. The van der Waals surface area contributed by atoms with Gasteiger partial charge < -0.3 is 25.7 Å². The van der Waals surface area contributed by atoms with Gasteiger partial charge in [0.15, 0.2) is 17.1 Å². The monoisotopic (exact) mass is 476 g/mol. The molecule has 0 aliphatic carbocycles. The van der Waals surface area contributed by atoms with Crippen LogP contribution >= 0.6 is 11.6 Å². The third-order valence-electron chi connectivity index (χ3n) is 5.76. The highest BCUT2D eigenvalue weighted by atomic mass is 35.5. The zero-order chi connectivity index (χ0) is 23.5. The smallest absolute Gasteiger partial charge is 0.480 e. The van der Waals surface area contributed by atoms with E-state index in [-0.39, 0.29) is 51.7 Å². The molecule has 0 radical (unpaired) electrons. The fourth-order valence-electron chi connectivity index (χ4n) is 4.36. The van der Waals surface area contributed by atoms with Crippen LogP contribution in [-0.4, -0.2) is 18.7 Å². The summed E-state index contributed by atoms with van der Waals surface area (Å²) in [5.41, 5.74) is 11.0. The lowest BCUT2D eigenvalue weighted by atomic mass is 9.85. The third kappa shape index (κ3) is 3.27. The zero-order valence-electron chi connectivity index (χ0n) is 16.8. The molecule has 1 unspecified atom stereocenters. The Balaban J connectivity index is 1.69. The highest BCUT2D eigenvalue weighted by Gasteiger charge is 2.50. The third-order valence-corrected chi connectivity index (χ3v) is 6.08. The number of amides is 1. The van der Waals surface area contributed by atoms with Gasteiger partial charge in [-0.1, -0.05) is 29.8 Å². The van der Waals surface area contributed by atoms with Gasteiger partial charge >= 0.3 is 6.29 Å². The first-order chi connectivity index (χ1) is 15.7. The minimum absolute atomic E-state index is 0.0344. The molecule has 0 bridgehead atoms. The standard InChI is InChI=1S/C23H16ClF3N2O4/c24-14-7-8-16-12(18(14)19-11(21(29)30)3-1-5-15(19)25)9-22(10-28,31-16)13-4-2-6-17-20(13)33-23(26,27)32-17/h1-8H,9-10,28H2,(H2,29,30). The maximum atomic E-state index is 15.0. The Bertz CT molecular complexity index is 1320. The van der Waals surface area contributed by atoms with Gasteiger partial charge in [-0.15, -0.1) is 8.78 Å². The maximum Gasteiger partial charge on any atom is 0.586 e. The molecular weight excluding hydrogens is 461 g/mol. The van der Waals surface area contributed by atoms with E-state index in [1.54, 1.807) is 12.1 Å². The highest BCUT2D eigenvalue weighted by molar-refractivity contribution is 6.34. The van der Waals surface area contributed by atoms with Crippen LogP contribution in [0.4, 0.5) is 13.2 Å². The summed E-state index contributed by atoms with van der Waals surface area (Å²) in [6.07, 6.45) is -3.80. The molecule has 3 aromatic rings. The number of carbonyl (C=O) groups is 1. The van der Waals surface area contributed by atoms with Crippen LogP contribution in [0.15, 0.2) is 48.5 Å². The Morgan fingerprint density at radius 3 is 2.48 bits per heavy atom. The van der Waals surface area contributed by atoms with Crippen molar-refractivity contribution in [3.8, 4) is 28.4 Å². The molecule has 6 nitrogen and oxygen atoms in total. The van der Waals surface area contributed by atoms with Gasteiger partial charge in [0, 0.05) is 45.8 Å². The van der Waals surface area contributed by atoms with E-state index in [9.17, 15) is 18.0 Å². The van der Waals surface area contributed by atoms with Crippen LogP contribution in [0.5, 0.6) is 17.2 Å². The van der Waals surface area contributed by atoms with Crippen molar-refractivity contribution in [3.63, 3.8) is 0 Å². The Hall–Kier alpha value is -3.43. The lowest BCUT2D eigenvalue weighted by Crippen LogP contribution is -2.40. The normalized spacial score (nSPS) is 19.8. The largest absolute Gasteiger partial charge is 0.586 e. The highest BCUT2D eigenvalue weighted by Crippen LogP contribution is 2.53. The molecule has 10 heteroatoms. The van der Waals surface area contributed by atoms with Crippen LogP contribution in [0.2, 0.25) is 5.02 Å². The fraction of sp³-hybridized carbons (Fsp3) is 0.174. The van der Waals surface area contributed by atoms with Crippen molar-refractivity contribution >= 4 is 17.5 Å². The number of hydrogen-bond acceptors (Lipinski definition) is 5. The summed E-state index contributed by atoms with van der Waals surface area (Å²) in [6.45, 7) is -0.135. The topological polar surface area (TPSA) is 96.8 Å². The van der Waals surface area contributed by atoms with Crippen molar-refractivity contribution in [2.24, 2.45) is 11.5 Å². The van der Waals surface area contributed by atoms with Crippen molar-refractivity contribution in [3.05, 3.63) is 76.1 Å². The van der Waals surface area contributed by atoms with E-state index >= 15 is 0 Å². The van der Waals surface area contributed by atoms with Gasteiger partial charge in [-0.2, -0.15) is 0 Å². The summed E-state index contributed by atoms with van der Waals surface area (Å²) >= 11 is 6.46. The average Bonchev–Trinajstić information content (AvgIpc) is 3.30. The predicted molar refractivity (Wildman–Crippen MR) is 113 cm³/mol. The summed E-state index contributed by atoms with van der Waals surface area (Å²) in [7, 11) is 0. The molecule has 3 aromatic carbocycles. The van der Waals surface area contributed by atoms with E-state index in [1.807, 2.05) is 0 Å². The minimum atomic E-state index is -3.84. The molecule has 170 valence electrons. The Morgan fingerprint density at radius 1 is 1.00 bits per heavy atom. The molecule has 1 atom stereocenters. The average molecular weight is 477 g/mol. The molecule has 33 heavy (non-hydrogen) atoms. The quantitative estimate of drug-likeness (QED) is 0.583. The van der Waals surface area contributed by atoms with Gasteiger partial charge in [0.1, 0.15) is 11.6 Å². The molecule has 4 N–H and O–H groups in total. The number of primary amides is 1. The molecule has 0 aromatic heterocycles. The molecular formula is C23H16ClF3N2O4. The van der Waals surface area contributed by atoms with Crippen molar-refractivity contribution < 1.29 is 32.2 Å². The minimum Gasteiger partial charge on any atom is -0.480 e. The Morgan fingerprint density at radius 2 is 1.76 bits per heavy atom. The van der Waals surface area contributed by atoms with Crippen LogP contribution < -0.4 is 25.7 Å². The van der Waals surface area contributed by atoms with E-state index in [1.165, 1.54) is 36.4 Å². The number of nitrogens with two attached hydrogens (primary N) is 2. The number of ether oxygens (including phenoxy) is 3. The number of rotatable bonds is 4. The van der Waals surface area contributed by atoms with Gasteiger partial charge in [-0.3, -0.25) is 4.79 Å². The fourth-order valence-corrected chi connectivity index (χ4v) is 4.63. The number of benzene rings is 3. The Labute approximate surface area is 190 Å². The van der Waals surface area contributed by atoms with Crippen molar-refractivity contribution in [1.29, 1.82) is 0 Å². The van der Waals surface area contributed by atoms with Crippen LogP contribution in [0.3, 0.4) is 0 Å². The second kappa shape index (κ2) is 7.29. The molecule has 1 amide bonds. The first-order valence-corrected chi connectivity index (χ1v) is 10.2. The van der Waals surface area contributed by atoms with Crippen LogP contribution in [0, 0.1) is 5.82 Å². The van der Waals surface area contributed by atoms with Gasteiger partial charge in [-0.25, -0.2) is 4.39 Å². The molecule has 2 aliphatic heterocycles. The van der Waals surface area contributed by atoms with Crippen LogP contribution in [-0.2, 0) is 12.0 Å². The van der Waals surface area contributed by atoms with E-state index < -0.39 is 23.6 Å². The summed E-state index contributed by atoms with van der Waals surface area (Å²) < 4.78 is 58.0. The lowest BCUT2D eigenvalue weighted by Gasteiger charge is -2.28. The second-order valence-corrected chi connectivity index (χ2v) is 8.11. The first kappa shape index (κ1) is 21.4. The number of fused-ring (bicyclic) bond motifs is 2. The molecule has 0 saturated heterocycles. The molecule has 5 rings (SSSR count). The molecule has 0 spiro atoms. The number of hydrogen-bond donors (Lipinski definition) is 2. The zero-order valence-corrected chi connectivity index (χ0v) is 17.6.